The first-order valence-electron chi connectivity index (χ1n) is 9.65. The van der Waals surface area contributed by atoms with Crippen LogP contribution < -0.4 is 5.32 Å². The maximum atomic E-state index is 13.2. The fourth-order valence-corrected chi connectivity index (χ4v) is 5.37. The van der Waals surface area contributed by atoms with Crippen LogP contribution in [-0.2, 0) is 21.2 Å². The van der Waals surface area contributed by atoms with Crippen LogP contribution in [0.5, 0.6) is 0 Å². The molecule has 152 valence electrons. The van der Waals surface area contributed by atoms with Gasteiger partial charge in [0, 0.05) is 18.8 Å². The summed E-state index contributed by atoms with van der Waals surface area (Å²) in [5, 5.41) is 11.6. The summed E-state index contributed by atoms with van der Waals surface area (Å²) in [6.07, 6.45) is 1.61. The first kappa shape index (κ1) is 21.0. The molecule has 1 fully saturated rings. The zero-order valence-electron chi connectivity index (χ0n) is 16.7. The van der Waals surface area contributed by atoms with Gasteiger partial charge in [-0.25, -0.2) is 8.42 Å². The second-order valence-electron chi connectivity index (χ2n) is 7.49. The summed E-state index contributed by atoms with van der Waals surface area (Å²) in [7, 11) is -3.64. The highest BCUT2D eigenvalue weighted by atomic mass is 32.2. The lowest BCUT2D eigenvalue weighted by molar-refractivity contribution is -0.120. The Balaban J connectivity index is 1.72. The molecule has 0 aromatic heterocycles. The Morgan fingerprint density at radius 2 is 1.93 bits per heavy atom. The second kappa shape index (κ2) is 8.76. The molecule has 6 nitrogen and oxygen atoms in total. The fourth-order valence-electron chi connectivity index (χ4n) is 3.54. The standard InChI is InChI=1S/C22H25N3O3S/c1-16-5-6-17(2)21(14-16)29(27,28)25-13-3-4-19(15-25)22(26)24-20-9-7-18(8-10-20)11-12-23/h5-10,14,19H,3-4,11,13,15H2,1-2H3,(H,24,26)/t19-/m0/s1. The highest BCUT2D eigenvalue weighted by molar-refractivity contribution is 7.89. The van der Waals surface area contributed by atoms with Gasteiger partial charge in [0.15, 0.2) is 0 Å². The minimum absolute atomic E-state index is 0.175. The smallest absolute Gasteiger partial charge is 0.243 e. The number of piperidine rings is 1. The molecule has 0 bridgehead atoms. The van der Waals surface area contributed by atoms with Crippen molar-refractivity contribution in [3.8, 4) is 6.07 Å². The Morgan fingerprint density at radius 3 is 2.62 bits per heavy atom. The van der Waals surface area contributed by atoms with E-state index in [1.54, 1.807) is 37.3 Å². The molecule has 1 saturated heterocycles. The number of amides is 1. The lowest BCUT2D eigenvalue weighted by Crippen LogP contribution is -2.43. The van der Waals surface area contributed by atoms with Gasteiger partial charge in [-0.15, -0.1) is 0 Å². The summed E-state index contributed by atoms with van der Waals surface area (Å²) in [6.45, 7) is 4.25. The van der Waals surface area contributed by atoms with Gasteiger partial charge in [0.1, 0.15) is 0 Å². The van der Waals surface area contributed by atoms with Crippen molar-refractivity contribution >= 4 is 21.6 Å². The topological polar surface area (TPSA) is 90.3 Å². The zero-order valence-corrected chi connectivity index (χ0v) is 17.5. The Morgan fingerprint density at radius 1 is 1.21 bits per heavy atom. The predicted octanol–water partition coefficient (Wildman–Crippen LogP) is 3.41. The van der Waals surface area contributed by atoms with Crippen LogP contribution in [0.15, 0.2) is 47.4 Å². The van der Waals surface area contributed by atoms with Crippen LogP contribution in [0.1, 0.15) is 29.5 Å². The van der Waals surface area contributed by atoms with Crippen LogP contribution in [0.2, 0.25) is 0 Å². The monoisotopic (exact) mass is 411 g/mol. The molecule has 1 aliphatic heterocycles. The highest BCUT2D eigenvalue weighted by Crippen LogP contribution is 2.27. The van der Waals surface area contributed by atoms with Gasteiger partial charge < -0.3 is 5.32 Å². The van der Waals surface area contributed by atoms with Crippen LogP contribution in [0.3, 0.4) is 0 Å². The SMILES string of the molecule is Cc1ccc(C)c(S(=O)(=O)N2CCC[C@H](C(=O)Nc3ccc(CC#N)cc3)C2)c1. The van der Waals surface area contributed by atoms with Gasteiger partial charge in [0.05, 0.1) is 23.3 Å². The van der Waals surface area contributed by atoms with Gasteiger partial charge in [-0.05, 0) is 61.6 Å². The van der Waals surface area contributed by atoms with E-state index in [9.17, 15) is 13.2 Å². The number of nitrogens with one attached hydrogen (secondary N) is 1. The molecule has 2 aromatic carbocycles. The van der Waals surface area contributed by atoms with Crippen LogP contribution >= 0.6 is 0 Å². The fraction of sp³-hybridized carbons (Fsp3) is 0.364. The normalized spacial score (nSPS) is 17.5. The molecule has 1 aliphatic rings. The van der Waals surface area contributed by atoms with Gasteiger partial charge in [0.25, 0.3) is 0 Å². The quantitative estimate of drug-likeness (QED) is 0.816. The maximum absolute atomic E-state index is 13.2. The highest BCUT2D eigenvalue weighted by Gasteiger charge is 2.34. The van der Waals surface area contributed by atoms with Gasteiger partial charge in [-0.2, -0.15) is 9.57 Å². The molecule has 1 amide bonds. The summed E-state index contributed by atoms with van der Waals surface area (Å²) in [4.78, 5) is 13.0. The molecule has 1 N–H and O–H groups in total. The molecule has 2 aromatic rings. The van der Waals surface area contributed by atoms with Crippen LogP contribution in [-0.4, -0.2) is 31.7 Å². The minimum atomic E-state index is -3.64. The first-order chi connectivity index (χ1) is 13.8. The number of benzene rings is 2. The number of nitriles is 1. The zero-order chi connectivity index (χ0) is 21.0. The van der Waals surface area contributed by atoms with E-state index in [0.29, 0.717) is 42.0 Å². The largest absolute Gasteiger partial charge is 0.326 e. The summed E-state index contributed by atoms with van der Waals surface area (Å²) in [6, 6.07) is 14.6. The third kappa shape index (κ3) is 4.84. The van der Waals surface area contributed by atoms with Crippen LogP contribution in [0, 0.1) is 31.1 Å². The van der Waals surface area contributed by atoms with E-state index in [2.05, 4.69) is 11.4 Å². The summed E-state index contributed by atoms with van der Waals surface area (Å²) in [5.74, 6) is -0.582. The number of rotatable bonds is 5. The second-order valence-corrected chi connectivity index (χ2v) is 9.40. The third-order valence-electron chi connectivity index (χ3n) is 5.22. The maximum Gasteiger partial charge on any atom is 0.243 e. The van der Waals surface area contributed by atoms with E-state index < -0.39 is 15.9 Å². The van der Waals surface area contributed by atoms with Crippen molar-refractivity contribution in [3.63, 3.8) is 0 Å². The van der Waals surface area contributed by atoms with E-state index in [1.807, 2.05) is 19.1 Å². The van der Waals surface area contributed by atoms with Gasteiger partial charge in [0.2, 0.25) is 15.9 Å². The van der Waals surface area contributed by atoms with Crippen molar-refractivity contribution < 1.29 is 13.2 Å². The van der Waals surface area contributed by atoms with E-state index >= 15 is 0 Å². The average Bonchev–Trinajstić information content (AvgIpc) is 2.71. The number of hydrogen-bond acceptors (Lipinski definition) is 4. The van der Waals surface area contributed by atoms with Crippen molar-refractivity contribution in [3.05, 3.63) is 59.2 Å². The molecule has 1 heterocycles. The molecule has 29 heavy (non-hydrogen) atoms. The number of hydrogen-bond donors (Lipinski definition) is 1. The van der Waals surface area contributed by atoms with Crippen molar-refractivity contribution in [2.45, 2.75) is 38.0 Å². The number of nitrogens with zero attached hydrogens (tertiary/aromatic N) is 2. The Hall–Kier alpha value is -2.69. The molecular formula is C22H25N3O3S. The first-order valence-corrected chi connectivity index (χ1v) is 11.1. The molecule has 0 unspecified atom stereocenters. The average molecular weight is 412 g/mol. The van der Waals surface area contributed by atoms with E-state index in [1.165, 1.54) is 4.31 Å². The summed E-state index contributed by atoms with van der Waals surface area (Å²) in [5.41, 5.74) is 3.13. The molecule has 1 atom stereocenters. The van der Waals surface area contributed by atoms with Crippen LogP contribution in [0.4, 0.5) is 5.69 Å². The Labute approximate surface area is 172 Å². The number of anilines is 1. The number of carbonyl (C=O) groups excluding carboxylic acids is 1. The Kier molecular flexibility index (Phi) is 6.36. The molecular weight excluding hydrogens is 386 g/mol. The molecule has 0 spiro atoms. The van der Waals surface area contributed by atoms with Gasteiger partial charge >= 0.3 is 0 Å². The summed E-state index contributed by atoms with van der Waals surface area (Å²) < 4.78 is 27.7. The summed E-state index contributed by atoms with van der Waals surface area (Å²) >= 11 is 0. The van der Waals surface area contributed by atoms with E-state index in [4.69, 9.17) is 5.26 Å². The molecule has 0 aliphatic carbocycles. The third-order valence-corrected chi connectivity index (χ3v) is 7.23. The predicted molar refractivity (Wildman–Crippen MR) is 112 cm³/mol. The molecule has 3 rings (SSSR count). The minimum Gasteiger partial charge on any atom is -0.326 e. The van der Waals surface area contributed by atoms with Crippen molar-refractivity contribution in [1.82, 2.24) is 4.31 Å². The lowest BCUT2D eigenvalue weighted by Gasteiger charge is -2.31. The van der Waals surface area contributed by atoms with Crippen LogP contribution in [0.25, 0.3) is 0 Å². The van der Waals surface area contributed by atoms with Crippen molar-refractivity contribution in [2.75, 3.05) is 18.4 Å². The lowest BCUT2D eigenvalue weighted by atomic mass is 9.98. The number of carbonyl (C=O) groups is 1. The Bertz CT molecular complexity index is 1040. The van der Waals surface area contributed by atoms with E-state index in [-0.39, 0.29) is 12.5 Å². The molecule has 0 radical (unpaired) electrons. The number of sulfonamides is 1. The van der Waals surface area contributed by atoms with Crippen molar-refractivity contribution in [2.24, 2.45) is 5.92 Å². The van der Waals surface area contributed by atoms with Gasteiger partial charge in [-0.1, -0.05) is 24.3 Å². The molecule has 7 heteroatoms. The van der Waals surface area contributed by atoms with Gasteiger partial charge in [-0.3, -0.25) is 4.79 Å². The van der Waals surface area contributed by atoms with E-state index in [0.717, 1.165) is 11.1 Å². The number of aryl methyl sites for hydroxylation is 2. The molecule has 0 saturated carbocycles. The van der Waals surface area contributed by atoms with Crippen molar-refractivity contribution in [1.29, 1.82) is 5.26 Å².